The van der Waals surface area contributed by atoms with Gasteiger partial charge < -0.3 is 10.2 Å². The molecule has 0 spiro atoms. The second-order valence-electron chi connectivity index (χ2n) is 9.30. The molecule has 4 nitrogen and oxygen atoms in total. The van der Waals surface area contributed by atoms with Crippen molar-refractivity contribution < 1.29 is 19.8 Å². The van der Waals surface area contributed by atoms with Crippen LogP contribution in [0.4, 0.5) is 0 Å². The molecule has 0 amide bonds. The van der Waals surface area contributed by atoms with Gasteiger partial charge in [0.15, 0.2) is 0 Å². The lowest BCUT2D eigenvalue weighted by Gasteiger charge is -2.18. The van der Waals surface area contributed by atoms with E-state index < -0.39 is 17.4 Å². The van der Waals surface area contributed by atoms with Gasteiger partial charge in [-0.15, -0.1) is 0 Å². The molecular weight excluding hydrogens is 352 g/mol. The summed E-state index contributed by atoms with van der Waals surface area (Å²) in [4.78, 5) is 22.3. The zero-order chi connectivity index (χ0) is 20.8. The van der Waals surface area contributed by atoms with E-state index >= 15 is 0 Å². The van der Waals surface area contributed by atoms with Crippen LogP contribution < -0.4 is 0 Å². The SMILES string of the molecule is Cc1cc(CCCCC2(C(=O)O)CC2)ccc1CCCCCC(C)(C)C(=O)O. The number of aryl methyl sites for hydroxylation is 3. The van der Waals surface area contributed by atoms with Crippen LogP contribution in [0.5, 0.6) is 0 Å². The predicted octanol–water partition coefficient (Wildman–Crippen LogP) is 5.79. The van der Waals surface area contributed by atoms with Gasteiger partial charge in [0.25, 0.3) is 0 Å². The normalized spacial score (nSPS) is 15.4. The second-order valence-corrected chi connectivity index (χ2v) is 9.30. The first kappa shape index (κ1) is 22.4. The number of aliphatic carboxylic acids is 2. The summed E-state index contributed by atoms with van der Waals surface area (Å²) >= 11 is 0. The van der Waals surface area contributed by atoms with Crippen molar-refractivity contribution in [1.82, 2.24) is 0 Å². The van der Waals surface area contributed by atoms with Crippen molar-refractivity contribution in [3.05, 3.63) is 34.9 Å². The predicted molar refractivity (Wildman–Crippen MR) is 112 cm³/mol. The fraction of sp³-hybridized carbons (Fsp3) is 0.667. The van der Waals surface area contributed by atoms with E-state index in [2.05, 4.69) is 25.1 Å². The van der Waals surface area contributed by atoms with E-state index in [0.717, 1.165) is 70.6 Å². The standard InChI is InChI=1S/C24H36O4/c1-18-17-19(9-6-8-14-24(15-16-24)22(27)28)11-12-20(18)10-5-4-7-13-23(2,3)21(25)26/h11-12,17H,4-10,13-16H2,1-3H3,(H,25,26)(H,27,28). The summed E-state index contributed by atoms with van der Waals surface area (Å²) in [6.45, 7) is 5.75. The molecule has 0 atom stereocenters. The number of rotatable bonds is 13. The molecule has 2 N–H and O–H groups in total. The molecule has 4 heteroatoms. The topological polar surface area (TPSA) is 74.6 Å². The molecule has 0 aromatic heterocycles. The van der Waals surface area contributed by atoms with E-state index in [1.54, 1.807) is 13.8 Å². The molecular formula is C24H36O4. The molecule has 1 aliphatic rings. The van der Waals surface area contributed by atoms with E-state index in [0.29, 0.717) is 0 Å². The molecule has 0 saturated heterocycles. The number of hydrogen-bond donors (Lipinski definition) is 2. The lowest BCUT2D eigenvalue weighted by molar-refractivity contribution is -0.147. The summed E-state index contributed by atoms with van der Waals surface area (Å²) in [5.41, 5.74) is 3.03. The Hall–Kier alpha value is -1.84. The minimum Gasteiger partial charge on any atom is -0.481 e. The van der Waals surface area contributed by atoms with Crippen LogP contribution in [-0.2, 0) is 22.4 Å². The minimum atomic E-state index is -0.714. The average Bonchev–Trinajstić information content (AvgIpc) is 3.41. The third kappa shape index (κ3) is 6.35. The molecule has 1 aromatic carbocycles. The number of carboxylic acid groups (broad SMARTS) is 2. The maximum atomic E-state index is 11.2. The lowest BCUT2D eigenvalue weighted by atomic mass is 9.87. The van der Waals surface area contributed by atoms with Crippen molar-refractivity contribution in [2.24, 2.45) is 10.8 Å². The van der Waals surface area contributed by atoms with Gasteiger partial charge in [-0.1, -0.05) is 37.5 Å². The van der Waals surface area contributed by atoms with Crippen LogP contribution in [0.1, 0.15) is 88.3 Å². The van der Waals surface area contributed by atoms with Crippen LogP contribution in [0.25, 0.3) is 0 Å². The highest BCUT2D eigenvalue weighted by Crippen LogP contribution is 2.50. The number of unbranched alkanes of at least 4 members (excludes halogenated alkanes) is 3. The summed E-state index contributed by atoms with van der Waals surface area (Å²) in [6.07, 6.45) is 10.4. The maximum Gasteiger partial charge on any atom is 0.309 e. The first-order valence-electron chi connectivity index (χ1n) is 10.7. The molecule has 0 aliphatic heterocycles. The maximum absolute atomic E-state index is 11.2. The summed E-state index contributed by atoms with van der Waals surface area (Å²) in [5.74, 6) is -1.33. The first-order valence-corrected chi connectivity index (χ1v) is 10.7. The fourth-order valence-corrected chi connectivity index (χ4v) is 3.87. The molecule has 1 fully saturated rings. The number of benzene rings is 1. The Morgan fingerprint density at radius 3 is 2.25 bits per heavy atom. The monoisotopic (exact) mass is 388 g/mol. The quantitative estimate of drug-likeness (QED) is 0.420. The van der Waals surface area contributed by atoms with Gasteiger partial charge in [-0.3, -0.25) is 9.59 Å². The van der Waals surface area contributed by atoms with E-state index in [9.17, 15) is 14.7 Å². The Balaban J connectivity index is 1.67. The van der Waals surface area contributed by atoms with E-state index in [-0.39, 0.29) is 5.41 Å². The highest BCUT2D eigenvalue weighted by atomic mass is 16.4. The van der Waals surface area contributed by atoms with E-state index in [4.69, 9.17) is 5.11 Å². The average molecular weight is 389 g/mol. The minimum absolute atomic E-state index is 0.389. The van der Waals surface area contributed by atoms with Crippen molar-refractivity contribution in [3.63, 3.8) is 0 Å². The van der Waals surface area contributed by atoms with Crippen LogP contribution in [0, 0.1) is 17.8 Å². The largest absolute Gasteiger partial charge is 0.481 e. The van der Waals surface area contributed by atoms with Crippen molar-refractivity contribution in [2.45, 2.75) is 91.4 Å². The summed E-state index contributed by atoms with van der Waals surface area (Å²) in [7, 11) is 0. The van der Waals surface area contributed by atoms with E-state index in [1.165, 1.54) is 16.7 Å². The fourth-order valence-electron chi connectivity index (χ4n) is 3.87. The highest BCUT2D eigenvalue weighted by Gasteiger charge is 2.49. The van der Waals surface area contributed by atoms with Crippen molar-refractivity contribution >= 4 is 11.9 Å². The van der Waals surface area contributed by atoms with Gasteiger partial charge in [0, 0.05) is 0 Å². The van der Waals surface area contributed by atoms with Crippen LogP contribution in [0.3, 0.4) is 0 Å². The van der Waals surface area contributed by atoms with Gasteiger partial charge in [-0.2, -0.15) is 0 Å². The Kier molecular flexibility index (Phi) is 7.68. The van der Waals surface area contributed by atoms with Crippen molar-refractivity contribution in [2.75, 3.05) is 0 Å². The van der Waals surface area contributed by atoms with Gasteiger partial charge >= 0.3 is 11.9 Å². The molecule has 2 rings (SSSR count). The van der Waals surface area contributed by atoms with Crippen LogP contribution in [0.15, 0.2) is 18.2 Å². The molecule has 1 aromatic rings. The van der Waals surface area contributed by atoms with Crippen LogP contribution in [0.2, 0.25) is 0 Å². The molecule has 1 saturated carbocycles. The Bertz CT molecular complexity index is 686. The van der Waals surface area contributed by atoms with Crippen LogP contribution >= 0.6 is 0 Å². The number of carboxylic acids is 2. The zero-order valence-electron chi connectivity index (χ0n) is 17.7. The van der Waals surface area contributed by atoms with Gasteiger partial charge in [0.1, 0.15) is 0 Å². The van der Waals surface area contributed by atoms with Gasteiger partial charge in [0.05, 0.1) is 10.8 Å². The molecule has 0 heterocycles. The van der Waals surface area contributed by atoms with Crippen LogP contribution in [-0.4, -0.2) is 22.2 Å². The third-order valence-electron chi connectivity index (χ3n) is 6.41. The van der Waals surface area contributed by atoms with Gasteiger partial charge in [-0.25, -0.2) is 0 Å². The zero-order valence-corrected chi connectivity index (χ0v) is 17.7. The highest BCUT2D eigenvalue weighted by molar-refractivity contribution is 5.77. The number of hydrogen-bond acceptors (Lipinski definition) is 2. The summed E-state index contributed by atoms with van der Waals surface area (Å²) in [5, 5.41) is 18.4. The van der Waals surface area contributed by atoms with E-state index in [1.807, 2.05) is 0 Å². The molecule has 0 radical (unpaired) electrons. The van der Waals surface area contributed by atoms with Crippen molar-refractivity contribution in [3.8, 4) is 0 Å². The lowest BCUT2D eigenvalue weighted by Crippen LogP contribution is -2.23. The molecule has 1 aliphatic carbocycles. The third-order valence-corrected chi connectivity index (χ3v) is 6.41. The van der Waals surface area contributed by atoms with Gasteiger partial charge in [-0.05, 0) is 88.8 Å². The van der Waals surface area contributed by atoms with Gasteiger partial charge in [0.2, 0.25) is 0 Å². The second kappa shape index (κ2) is 9.58. The Labute approximate surface area is 169 Å². The molecule has 0 bridgehead atoms. The Morgan fingerprint density at radius 1 is 1.00 bits per heavy atom. The van der Waals surface area contributed by atoms with Crippen molar-refractivity contribution in [1.29, 1.82) is 0 Å². The first-order chi connectivity index (χ1) is 13.2. The summed E-state index contributed by atoms with van der Waals surface area (Å²) in [6, 6.07) is 6.71. The smallest absolute Gasteiger partial charge is 0.309 e. The number of carbonyl (C=O) groups is 2. The molecule has 28 heavy (non-hydrogen) atoms. The summed E-state index contributed by atoms with van der Waals surface area (Å²) < 4.78 is 0. The molecule has 0 unspecified atom stereocenters. The molecule has 156 valence electrons. The Morgan fingerprint density at radius 2 is 1.68 bits per heavy atom.